The Morgan fingerprint density at radius 3 is 2.47 bits per heavy atom. The van der Waals surface area contributed by atoms with Crippen LogP contribution < -0.4 is 5.32 Å². The largest absolute Gasteiger partial charge is 0.352 e. The summed E-state index contributed by atoms with van der Waals surface area (Å²) in [4.78, 5) is 36.5. The smallest absolute Gasteiger partial charge is 0.288 e. The molecule has 0 bridgehead atoms. The summed E-state index contributed by atoms with van der Waals surface area (Å²) < 4.78 is 0. The van der Waals surface area contributed by atoms with Crippen LogP contribution in [0.25, 0.3) is 0 Å². The van der Waals surface area contributed by atoms with Crippen molar-refractivity contribution < 1.29 is 14.4 Å². The van der Waals surface area contributed by atoms with Crippen LogP contribution in [0.5, 0.6) is 0 Å². The van der Waals surface area contributed by atoms with Gasteiger partial charge in [0.2, 0.25) is 12.0 Å². The number of aliphatic imine (C=N–C) groups is 1. The number of amides is 2. The summed E-state index contributed by atoms with van der Waals surface area (Å²) in [6.07, 6.45) is 1.22. The Bertz CT molecular complexity index is 538. The van der Waals surface area contributed by atoms with Crippen molar-refractivity contribution in [3.05, 3.63) is 35.4 Å². The summed E-state index contributed by atoms with van der Waals surface area (Å²) in [5, 5.41) is 2.74. The fourth-order valence-corrected chi connectivity index (χ4v) is 1.43. The quantitative estimate of drug-likeness (QED) is 0.665. The zero-order valence-corrected chi connectivity index (χ0v) is 11.2. The van der Waals surface area contributed by atoms with Gasteiger partial charge in [-0.2, -0.15) is 0 Å². The number of benzene rings is 1. The topological polar surface area (TPSA) is 75.6 Å². The van der Waals surface area contributed by atoms with Crippen molar-refractivity contribution in [3.63, 3.8) is 0 Å². The Morgan fingerprint density at radius 1 is 1.26 bits per heavy atom. The number of carbonyl (C=O) groups excluding carboxylic acids is 3. The molecule has 19 heavy (non-hydrogen) atoms. The van der Waals surface area contributed by atoms with Gasteiger partial charge >= 0.3 is 0 Å². The van der Waals surface area contributed by atoms with Gasteiger partial charge in [0.25, 0.3) is 5.91 Å². The van der Waals surface area contributed by atoms with Crippen LogP contribution >= 0.6 is 0 Å². The van der Waals surface area contributed by atoms with Gasteiger partial charge in [-0.25, -0.2) is 4.79 Å². The molecule has 0 aliphatic rings. The Morgan fingerprint density at radius 2 is 1.89 bits per heavy atom. The summed E-state index contributed by atoms with van der Waals surface area (Å²) in [6, 6.07) is 6.68. The molecule has 1 rings (SSSR count). The van der Waals surface area contributed by atoms with Gasteiger partial charge in [0.15, 0.2) is 0 Å². The summed E-state index contributed by atoms with van der Waals surface area (Å²) in [5.41, 5.74) is 0.407. The summed E-state index contributed by atoms with van der Waals surface area (Å²) >= 11 is 0. The Hall–Kier alpha value is -2.26. The molecular formula is C14H16N2O3. The SMILES string of the molecule is CC(C)(C)C(=O)NCc1ccccc1C(=O)N=C=O. The van der Waals surface area contributed by atoms with E-state index in [0.29, 0.717) is 11.1 Å². The normalized spacial score (nSPS) is 10.5. The van der Waals surface area contributed by atoms with Gasteiger partial charge < -0.3 is 5.32 Å². The molecule has 0 unspecified atom stereocenters. The van der Waals surface area contributed by atoms with Crippen molar-refractivity contribution in [1.82, 2.24) is 5.32 Å². The van der Waals surface area contributed by atoms with E-state index in [9.17, 15) is 14.4 Å². The number of nitrogens with zero attached hydrogens (tertiary/aromatic N) is 1. The number of rotatable bonds is 3. The average Bonchev–Trinajstić information content (AvgIpc) is 2.35. The van der Waals surface area contributed by atoms with Crippen molar-refractivity contribution in [2.24, 2.45) is 10.4 Å². The molecule has 0 aromatic heterocycles. The van der Waals surface area contributed by atoms with Gasteiger partial charge in [0, 0.05) is 17.5 Å². The highest BCUT2D eigenvalue weighted by Crippen LogP contribution is 2.14. The van der Waals surface area contributed by atoms with E-state index in [1.807, 2.05) is 0 Å². The van der Waals surface area contributed by atoms with Gasteiger partial charge in [-0.05, 0) is 11.6 Å². The lowest BCUT2D eigenvalue weighted by Crippen LogP contribution is -2.34. The monoisotopic (exact) mass is 260 g/mol. The molecule has 5 heteroatoms. The van der Waals surface area contributed by atoms with Crippen LogP contribution in [0.2, 0.25) is 0 Å². The maximum absolute atomic E-state index is 11.8. The molecule has 0 aliphatic heterocycles. The molecule has 5 nitrogen and oxygen atoms in total. The molecule has 2 amide bonds. The van der Waals surface area contributed by atoms with E-state index in [1.165, 1.54) is 6.08 Å². The minimum Gasteiger partial charge on any atom is -0.352 e. The second kappa shape index (κ2) is 6.07. The molecule has 0 saturated heterocycles. The fraction of sp³-hybridized carbons (Fsp3) is 0.357. The first-order valence-corrected chi connectivity index (χ1v) is 5.84. The Balaban J connectivity index is 2.88. The lowest BCUT2D eigenvalue weighted by Gasteiger charge is -2.18. The first-order valence-electron chi connectivity index (χ1n) is 5.84. The predicted molar refractivity (Wildman–Crippen MR) is 70.2 cm³/mol. The van der Waals surface area contributed by atoms with E-state index in [2.05, 4.69) is 10.3 Å². The molecule has 1 aromatic rings. The number of carbonyl (C=O) groups is 2. The molecule has 0 atom stereocenters. The molecule has 0 spiro atoms. The van der Waals surface area contributed by atoms with Crippen LogP contribution in [0, 0.1) is 5.41 Å². The number of hydrogen-bond donors (Lipinski definition) is 1. The summed E-state index contributed by atoms with van der Waals surface area (Å²) in [6.45, 7) is 5.62. The molecule has 0 fully saturated rings. The molecule has 1 N–H and O–H groups in total. The molecule has 100 valence electrons. The fourth-order valence-electron chi connectivity index (χ4n) is 1.43. The van der Waals surface area contributed by atoms with Crippen LogP contribution in [-0.2, 0) is 16.1 Å². The third kappa shape index (κ3) is 4.16. The molecule has 0 saturated carbocycles. The number of nitrogens with one attached hydrogen (secondary N) is 1. The minimum atomic E-state index is -0.657. The minimum absolute atomic E-state index is 0.117. The lowest BCUT2D eigenvalue weighted by molar-refractivity contribution is -0.128. The molecular weight excluding hydrogens is 244 g/mol. The second-order valence-corrected chi connectivity index (χ2v) is 5.10. The van der Waals surface area contributed by atoms with Crippen LogP contribution in [-0.4, -0.2) is 17.9 Å². The van der Waals surface area contributed by atoms with Crippen LogP contribution in [0.15, 0.2) is 29.3 Å². The van der Waals surface area contributed by atoms with Crippen molar-refractivity contribution in [1.29, 1.82) is 0 Å². The van der Waals surface area contributed by atoms with Crippen molar-refractivity contribution in [2.75, 3.05) is 0 Å². The van der Waals surface area contributed by atoms with Crippen molar-refractivity contribution in [2.45, 2.75) is 27.3 Å². The van der Waals surface area contributed by atoms with Gasteiger partial charge in [-0.3, -0.25) is 9.59 Å². The van der Waals surface area contributed by atoms with Gasteiger partial charge in [-0.15, -0.1) is 4.99 Å². The molecule has 0 heterocycles. The van der Waals surface area contributed by atoms with Crippen molar-refractivity contribution >= 4 is 17.9 Å². The Kier molecular flexibility index (Phi) is 4.73. The van der Waals surface area contributed by atoms with Crippen LogP contribution in [0.4, 0.5) is 0 Å². The first-order chi connectivity index (χ1) is 8.86. The van der Waals surface area contributed by atoms with E-state index >= 15 is 0 Å². The van der Waals surface area contributed by atoms with E-state index < -0.39 is 11.3 Å². The third-order valence-corrected chi connectivity index (χ3v) is 2.52. The van der Waals surface area contributed by atoms with Gasteiger partial charge in [0.1, 0.15) is 0 Å². The highest BCUT2D eigenvalue weighted by Gasteiger charge is 2.21. The molecule has 0 radical (unpaired) electrons. The van der Waals surface area contributed by atoms with Gasteiger partial charge in [0.05, 0.1) is 0 Å². The maximum Gasteiger partial charge on any atom is 0.288 e. The van der Waals surface area contributed by atoms with E-state index in [0.717, 1.165) is 0 Å². The summed E-state index contributed by atoms with van der Waals surface area (Å²) in [7, 11) is 0. The zero-order valence-electron chi connectivity index (χ0n) is 11.2. The highest BCUT2D eigenvalue weighted by molar-refractivity contribution is 5.98. The second-order valence-electron chi connectivity index (χ2n) is 5.10. The summed E-state index contributed by atoms with van der Waals surface area (Å²) in [5.74, 6) is -0.774. The average molecular weight is 260 g/mol. The maximum atomic E-state index is 11.8. The van der Waals surface area contributed by atoms with Crippen LogP contribution in [0.3, 0.4) is 0 Å². The van der Waals surface area contributed by atoms with E-state index in [1.54, 1.807) is 45.0 Å². The van der Waals surface area contributed by atoms with Gasteiger partial charge in [-0.1, -0.05) is 39.0 Å². The Labute approximate surface area is 111 Å². The zero-order chi connectivity index (χ0) is 14.5. The van der Waals surface area contributed by atoms with E-state index in [-0.39, 0.29) is 12.5 Å². The van der Waals surface area contributed by atoms with Crippen molar-refractivity contribution in [3.8, 4) is 0 Å². The lowest BCUT2D eigenvalue weighted by atomic mass is 9.95. The predicted octanol–water partition coefficient (Wildman–Crippen LogP) is 1.82. The molecule has 0 aliphatic carbocycles. The number of hydrogen-bond acceptors (Lipinski definition) is 3. The number of isocyanates is 1. The highest BCUT2D eigenvalue weighted by atomic mass is 16.2. The third-order valence-electron chi connectivity index (χ3n) is 2.52. The van der Waals surface area contributed by atoms with Crippen LogP contribution in [0.1, 0.15) is 36.7 Å². The molecule has 1 aromatic carbocycles. The van der Waals surface area contributed by atoms with E-state index in [4.69, 9.17) is 0 Å². The first kappa shape index (κ1) is 14.8. The standard InChI is InChI=1S/C14H16N2O3/c1-14(2,3)13(19)15-8-10-6-4-5-7-11(10)12(18)16-9-17/h4-7H,8H2,1-3H3,(H,15,19).